The van der Waals surface area contributed by atoms with Crippen molar-refractivity contribution < 1.29 is 21.2 Å². The lowest BCUT2D eigenvalue weighted by molar-refractivity contribution is 0.0952. The van der Waals surface area contributed by atoms with Gasteiger partial charge in [0.15, 0.2) is 11.5 Å². The van der Waals surface area contributed by atoms with Gasteiger partial charge >= 0.3 is 0 Å². The number of hydrogen-bond donors (Lipinski definition) is 0. The van der Waals surface area contributed by atoms with Crippen LogP contribution in [0, 0.1) is 0 Å². The Morgan fingerprint density at radius 2 is 1.18 bits per heavy atom. The van der Waals surface area contributed by atoms with E-state index < -0.39 is 0 Å². The molecule has 1 unspecified atom stereocenters. The first kappa shape index (κ1) is 40.2. The summed E-state index contributed by atoms with van der Waals surface area (Å²) < 4.78 is 15.8. The van der Waals surface area contributed by atoms with E-state index in [1.807, 2.05) is 6.07 Å². The van der Waals surface area contributed by atoms with Gasteiger partial charge in [-0.1, -0.05) is 143 Å². The number of ketones is 1. The standard InChI is InChI=1S/C16H26O2.C16H28O.C8H16O.2H2/c1-2-3-4-5-6-7-8-9-10-12-15(17)16-13-11-14-18-16;1-2-3-4-5-6-7-8-9-10-11-13-16-14-12-15-17-16;1-2-3-5-8-6-4-7-9-8;;/h11,13-14H,2-10,12H2,1H3;12,14-15H,2-11,13H2,1H3;8H,2-7H2,1H3;2*1H. The minimum atomic E-state index is 0. The van der Waals surface area contributed by atoms with Gasteiger partial charge in [0.1, 0.15) is 5.76 Å². The largest absolute Gasteiger partial charge is 0.469 e. The molecule has 44 heavy (non-hydrogen) atoms. The smallest absolute Gasteiger partial charge is 0.197 e. The lowest BCUT2D eigenvalue weighted by Gasteiger charge is -2.06. The maximum Gasteiger partial charge on any atom is 0.197 e. The molecule has 2 aromatic heterocycles. The molecule has 0 N–H and O–H groups in total. The zero-order valence-electron chi connectivity index (χ0n) is 29.3. The number of unbranched alkanes of at least 4 members (excludes halogenated alkanes) is 18. The first-order valence-electron chi connectivity index (χ1n) is 18.9. The van der Waals surface area contributed by atoms with Gasteiger partial charge in [0.05, 0.1) is 18.6 Å². The van der Waals surface area contributed by atoms with Crippen LogP contribution in [-0.2, 0) is 11.2 Å². The zero-order valence-corrected chi connectivity index (χ0v) is 29.3. The molecule has 1 atom stereocenters. The number of furan rings is 2. The minimum absolute atomic E-state index is 0. The van der Waals surface area contributed by atoms with Gasteiger partial charge in [0.25, 0.3) is 0 Å². The quantitative estimate of drug-likeness (QED) is 0.0820. The maximum atomic E-state index is 11.6. The molecule has 2 aromatic rings. The molecule has 3 rings (SSSR count). The number of carbonyl (C=O) groups is 1. The van der Waals surface area contributed by atoms with Crippen molar-refractivity contribution >= 4 is 5.78 Å². The maximum absolute atomic E-state index is 11.6. The SMILES string of the molecule is CCCCC1CCCO1.CCCCCCCCCCCC(=O)c1ccco1.CCCCCCCCCCCCc1ccco1.[HH].[HH]. The highest BCUT2D eigenvalue weighted by Crippen LogP contribution is 2.17. The minimum Gasteiger partial charge on any atom is -0.469 e. The van der Waals surface area contributed by atoms with Crippen molar-refractivity contribution in [3.05, 3.63) is 48.3 Å². The Morgan fingerprint density at radius 1 is 0.659 bits per heavy atom. The fourth-order valence-corrected chi connectivity index (χ4v) is 5.70. The second-order valence-corrected chi connectivity index (χ2v) is 12.8. The Labute approximate surface area is 275 Å². The van der Waals surface area contributed by atoms with Gasteiger partial charge in [-0.2, -0.15) is 0 Å². The van der Waals surface area contributed by atoms with Gasteiger partial charge < -0.3 is 13.6 Å². The molecule has 4 heteroatoms. The van der Waals surface area contributed by atoms with Gasteiger partial charge in [-0.15, -0.1) is 0 Å². The van der Waals surface area contributed by atoms with Crippen molar-refractivity contribution in [3.63, 3.8) is 0 Å². The lowest BCUT2D eigenvalue weighted by atomic mass is 10.1. The van der Waals surface area contributed by atoms with Crippen LogP contribution < -0.4 is 0 Å². The van der Waals surface area contributed by atoms with Crippen molar-refractivity contribution in [2.24, 2.45) is 0 Å². The van der Waals surface area contributed by atoms with Crippen molar-refractivity contribution in [2.45, 2.75) is 194 Å². The predicted molar refractivity (Wildman–Crippen MR) is 192 cm³/mol. The van der Waals surface area contributed by atoms with E-state index in [9.17, 15) is 4.79 Å². The first-order valence-corrected chi connectivity index (χ1v) is 18.9. The van der Waals surface area contributed by atoms with Gasteiger partial charge in [0, 0.05) is 22.3 Å². The second kappa shape index (κ2) is 31.2. The van der Waals surface area contributed by atoms with Gasteiger partial charge in [-0.3, -0.25) is 4.79 Å². The Balaban J connectivity index is 0. The van der Waals surface area contributed by atoms with Crippen molar-refractivity contribution in [3.8, 4) is 0 Å². The average Bonchev–Trinajstić information content (AvgIpc) is 3.86. The van der Waals surface area contributed by atoms with E-state index in [1.165, 1.54) is 148 Å². The van der Waals surface area contributed by atoms with Crippen LogP contribution in [-0.4, -0.2) is 18.5 Å². The van der Waals surface area contributed by atoms with Crippen molar-refractivity contribution in [1.29, 1.82) is 0 Å². The lowest BCUT2D eigenvalue weighted by Crippen LogP contribution is -2.03. The molecule has 4 nitrogen and oxygen atoms in total. The molecular formula is C40H74O4. The summed E-state index contributed by atoms with van der Waals surface area (Å²) in [4.78, 5) is 11.6. The van der Waals surface area contributed by atoms with Crippen LogP contribution in [0.4, 0.5) is 0 Å². The summed E-state index contributed by atoms with van der Waals surface area (Å²) in [5.41, 5.74) is 0. The summed E-state index contributed by atoms with van der Waals surface area (Å²) in [6.07, 6.45) is 37.7. The van der Waals surface area contributed by atoms with E-state index in [0.717, 1.165) is 25.2 Å². The number of hydrogen-bond acceptors (Lipinski definition) is 4. The molecule has 0 aromatic carbocycles. The van der Waals surface area contributed by atoms with Gasteiger partial charge in [0.2, 0.25) is 0 Å². The van der Waals surface area contributed by atoms with E-state index in [0.29, 0.717) is 18.3 Å². The third-order valence-corrected chi connectivity index (χ3v) is 8.56. The van der Waals surface area contributed by atoms with Crippen LogP contribution in [0.2, 0.25) is 0 Å². The van der Waals surface area contributed by atoms with Crippen molar-refractivity contribution in [2.75, 3.05) is 6.61 Å². The summed E-state index contributed by atoms with van der Waals surface area (Å²) in [5, 5.41) is 0. The topological polar surface area (TPSA) is 52.6 Å². The number of rotatable bonds is 25. The summed E-state index contributed by atoms with van der Waals surface area (Å²) >= 11 is 0. The Morgan fingerprint density at radius 3 is 1.66 bits per heavy atom. The summed E-state index contributed by atoms with van der Waals surface area (Å²) in [6.45, 7) is 7.76. The summed E-state index contributed by atoms with van der Waals surface area (Å²) in [6, 6.07) is 7.57. The summed E-state index contributed by atoms with van der Waals surface area (Å²) in [5.74, 6) is 1.79. The third kappa shape index (κ3) is 24.5. The fraction of sp³-hybridized carbons (Fsp3) is 0.775. The number of ether oxygens (including phenoxy) is 1. The number of Topliss-reactive ketones (excluding diaryl/α,β-unsaturated/α-hetero) is 1. The predicted octanol–water partition coefficient (Wildman–Crippen LogP) is 14.0. The van der Waals surface area contributed by atoms with E-state index in [1.54, 1.807) is 24.7 Å². The highest BCUT2D eigenvalue weighted by Gasteiger charge is 2.13. The molecule has 0 bridgehead atoms. The summed E-state index contributed by atoms with van der Waals surface area (Å²) in [7, 11) is 0. The normalized spacial score (nSPS) is 14.1. The molecule has 0 aliphatic carbocycles. The van der Waals surface area contributed by atoms with Gasteiger partial charge in [-0.05, 0) is 56.4 Å². The van der Waals surface area contributed by atoms with Crippen molar-refractivity contribution in [1.82, 2.24) is 0 Å². The number of aryl methyl sites for hydroxylation is 1. The molecule has 1 fully saturated rings. The molecule has 0 spiro atoms. The molecule has 1 saturated heterocycles. The van der Waals surface area contributed by atoms with Crippen LogP contribution >= 0.6 is 0 Å². The van der Waals surface area contributed by atoms with E-state index in [2.05, 4.69) is 26.8 Å². The monoisotopic (exact) mass is 619 g/mol. The van der Waals surface area contributed by atoms with Crippen LogP contribution in [0.5, 0.6) is 0 Å². The molecule has 0 amide bonds. The Bertz CT molecular complexity index is 816. The fourth-order valence-electron chi connectivity index (χ4n) is 5.70. The van der Waals surface area contributed by atoms with E-state index in [-0.39, 0.29) is 8.64 Å². The van der Waals surface area contributed by atoms with Crippen LogP contribution in [0.25, 0.3) is 0 Å². The van der Waals surface area contributed by atoms with Crippen LogP contribution in [0.15, 0.2) is 45.6 Å². The molecule has 1 aliphatic rings. The van der Waals surface area contributed by atoms with E-state index >= 15 is 0 Å². The van der Waals surface area contributed by atoms with E-state index in [4.69, 9.17) is 13.6 Å². The Kier molecular flexibility index (Phi) is 28.5. The van der Waals surface area contributed by atoms with Gasteiger partial charge in [-0.25, -0.2) is 0 Å². The average molecular weight is 619 g/mol. The molecule has 3 heterocycles. The molecule has 1 aliphatic heterocycles. The van der Waals surface area contributed by atoms with Crippen LogP contribution in [0.1, 0.15) is 200 Å². The molecule has 258 valence electrons. The third-order valence-electron chi connectivity index (χ3n) is 8.56. The highest BCUT2D eigenvalue weighted by molar-refractivity contribution is 5.93. The second-order valence-electron chi connectivity index (χ2n) is 12.8. The number of carbonyl (C=O) groups excluding carboxylic acids is 1. The first-order chi connectivity index (χ1) is 21.7. The molecule has 0 radical (unpaired) electrons. The Hall–Kier alpha value is -1.81. The molecule has 0 saturated carbocycles. The zero-order chi connectivity index (χ0) is 31.8. The molecular weight excluding hydrogens is 544 g/mol. The van der Waals surface area contributed by atoms with Crippen LogP contribution in [0.3, 0.4) is 0 Å². The highest BCUT2D eigenvalue weighted by atomic mass is 16.5.